The molecule has 2 heterocycles. The number of ether oxygens (including phenoxy) is 1. The molecule has 0 aromatic heterocycles. The van der Waals surface area contributed by atoms with E-state index in [1.54, 1.807) is 0 Å². The molecule has 0 atom stereocenters. The van der Waals surface area contributed by atoms with E-state index in [9.17, 15) is 4.79 Å². The maximum atomic E-state index is 10.6. The van der Waals surface area contributed by atoms with Crippen LogP contribution in [-0.4, -0.2) is 30.7 Å². The van der Waals surface area contributed by atoms with Crippen molar-refractivity contribution >= 4 is 6.09 Å². The van der Waals surface area contributed by atoms with Crippen LogP contribution in [-0.2, 0) is 4.74 Å². The van der Waals surface area contributed by atoms with Gasteiger partial charge in [0.05, 0.1) is 5.70 Å². The van der Waals surface area contributed by atoms with Gasteiger partial charge in [-0.05, 0) is 12.8 Å². The molecule has 0 aromatic carbocycles. The van der Waals surface area contributed by atoms with Gasteiger partial charge in [-0.1, -0.05) is 0 Å². The van der Waals surface area contributed by atoms with E-state index in [2.05, 4.69) is 10.2 Å². The number of nitrogens with one attached hydrogen (secondary N) is 1. The molecule has 0 spiro atoms. The number of cyclic esters (lactones) is 1. The zero-order valence-electron chi connectivity index (χ0n) is 6.88. The lowest BCUT2D eigenvalue weighted by molar-refractivity contribution is 0.179. The van der Waals surface area contributed by atoms with Crippen molar-refractivity contribution in [3.05, 3.63) is 11.9 Å². The van der Waals surface area contributed by atoms with Crippen molar-refractivity contribution in [2.45, 2.75) is 12.8 Å². The Morgan fingerprint density at radius 2 is 2.17 bits per heavy atom. The molecule has 0 aliphatic carbocycles. The van der Waals surface area contributed by atoms with Gasteiger partial charge < -0.3 is 9.64 Å². The third kappa shape index (κ3) is 1.52. The number of nitrogens with zero attached hydrogens (tertiary/aromatic N) is 1. The number of rotatable bonds is 1. The Morgan fingerprint density at radius 3 is 2.75 bits per heavy atom. The lowest BCUT2D eigenvalue weighted by Gasteiger charge is -2.10. The average molecular weight is 168 g/mol. The Bertz CT molecular complexity index is 219. The largest absolute Gasteiger partial charge is 0.443 e. The van der Waals surface area contributed by atoms with E-state index >= 15 is 0 Å². The molecule has 4 nitrogen and oxygen atoms in total. The minimum absolute atomic E-state index is 0.333. The van der Waals surface area contributed by atoms with Crippen molar-refractivity contribution in [3.63, 3.8) is 0 Å². The fraction of sp³-hybridized carbons (Fsp3) is 0.625. The van der Waals surface area contributed by atoms with Gasteiger partial charge in [-0.3, -0.25) is 5.32 Å². The van der Waals surface area contributed by atoms with Crippen LogP contribution in [0, 0.1) is 0 Å². The van der Waals surface area contributed by atoms with Crippen molar-refractivity contribution in [3.8, 4) is 0 Å². The van der Waals surface area contributed by atoms with Crippen molar-refractivity contribution in [2.75, 3.05) is 19.7 Å². The number of hydrogen-bond acceptors (Lipinski definition) is 3. The molecule has 2 fully saturated rings. The van der Waals surface area contributed by atoms with E-state index in [4.69, 9.17) is 4.74 Å². The summed E-state index contributed by atoms with van der Waals surface area (Å²) in [5.74, 6) is 0. The van der Waals surface area contributed by atoms with E-state index < -0.39 is 0 Å². The number of hydrogen-bond donors (Lipinski definition) is 1. The van der Waals surface area contributed by atoms with Gasteiger partial charge in [-0.2, -0.15) is 0 Å². The summed E-state index contributed by atoms with van der Waals surface area (Å²) in [4.78, 5) is 12.8. The fourth-order valence-corrected chi connectivity index (χ4v) is 1.51. The maximum absolute atomic E-state index is 10.6. The van der Waals surface area contributed by atoms with E-state index in [0.29, 0.717) is 6.61 Å². The summed E-state index contributed by atoms with van der Waals surface area (Å²) in [5, 5.41) is 2.64. The van der Waals surface area contributed by atoms with Crippen LogP contribution >= 0.6 is 0 Å². The molecule has 0 aromatic rings. The Kier molecular flexibility index (Phi) is 1.89. The number of amides is 1. The lowest BCUT2D eigenvalue weighted by atomic mass is 10.4. The van der Waals surface area contributed by atoms with Crippen LogP contribution < -0.4 is 5.32 Å². The second-order valence-corrected chi connectivity index (χ2v) is 3.10. The van der Waals surface area contributed by atoms with Gasteiger partial charge in [0.25, 0.3) is 0 Å². The zero-order valence-corrected chi connectivity index (χ0v) is 6.88. The van der Waals surface area contributed by atoms with E-state index in [1.165, 1.54) is 12.8 Å². The molecule has 1 amide bonds. The summed E-state index contributed by atoms with van der Waals surface area (Å²) < 4.78 is 4.73. The molecular formula is C8H12N2O2. The molecule has 1 N–H and O–H groups in total. The topological polar surface area (TPSA) is 41.6 Å². The summed E-state index contributed by atoms with van der Waals surface area (Å²) in [5.41, 5.74) is 0.877. The predicted molar refractivity (Wildman–Crippen MR) is 43.4 cm³/mol. The highest BCUT2D eigenvalue weighted by molar-refractivity contribution is 5.72. The Hall–Kier alpha value is -1.19. The Labute approximate surface area is 71.2 Å². The van der Waals surface area contributed by atoms with Crippen LogP contribution in [0.25, 0.3) is 0 Å². The highest BCUT2D eigenvalue weighted by atomic mass is 16.6. The zero-order chi connectivity index (χ0) is 8.39. The second kappa shape index (κ2) is 3.05. The minimum Gasteiger partial charge on any atom is -0.443 e. The van der Waals surface area contributed by atoms with Gasteiger partial charge >= 0.3 is 6.09 Å². The first-order valence-corrected chi connectivity index (χ1v) is 4.23. The van der Waals surface area contributed by atoms with E-state index in [1.807, 2.05) is 6.20 Å². The molecule has 2 aliphatic heterocycles. The quantitative estimate of drug-likeness (QED) is 0.625. The first-order valence-electron chi connectivity index (χ1n) is 4.23. The molecular weight excluding hydrogens is 156 g/mol. The third-order valence-corrected chi connectivity index (χ3v) is 2.10. The van der Waals surface area contributed by atoms with Crippen molar-refractivity contribution in [1.82, 2.24) is 10.2 Å². The predicted octanol–water partition coefficient (Wildman–Crippen LogP) is 0.663. The highest BCUT2D eigenvalue weighted by Crippen LogP contribution is 2.10. The van der Waals surface area contributed by atoms with Gasteiger partial charge in [-0.25, -0.2) is 4.79 Å². The normalized spacial score (nSPS) is 26.2. The smallest absolute Gasteiger partial charge is 0.411 e. The van der Waals surface area contributed by atoms with Gasteiger partial charge in [0.2, 0.25) is 0 Å². The molecule has 0 bridgehead atoms. The summed E-state index contributed by atoms with van der Waals surface area (Å²) in [6.45, 7) is 2.59. The first kappa shape index (κ1) is 7.46. The fourth-order valence-electron chi connectivity index (χ4n) is 1.51. The van der Waals surface area contributed by atoms with Gasteiger partial charge in [0.1, 0.15) is 6.61 Å². The maximum Gasteiger partial charge on any atom is 0.411 e. The molecule has 2 aliphatic rings. The van der Waals surface area contributed by atoms with Crippen molar-refractivity contribution < 1.29 is 9.53 Å². The molecule has 4 heteroatoms. The molecule has 2 rings (SSSR count). The minimum atomic E-state index is -0.333. The number of carbonyl (C=O) groups is 1. The van der Waals surface area contributed by atoms with E-state index in [-0.39, 0.29) is 6.09 Å². The van der Waals surface area contributed by atoms with Crippen LogP contribution in [0.5, 0.6) is 0 Å². The third-order valence-electron chi connectivity index (χ3n) is 2.10. The molecule has 0 unspecified atom stereocenters. The first-order chi connectivity index (χ1) is 5.84. The van der Waals surface area contributed by atoms with Crippen LogP contribution in [0.3, 0.4) is 0 Å². The molecule has 0 saturated carbocycles. The average Bonchev–Trinajstić information content (AvgIpc) is 2.63. The Morgan fingerprint density at radius 1 is 1.42 bits per heavy atom. The van der Waals surface area contributed by atoms with Gasteiger partial charge in [-0.15, -0.1) is 0 Å². The summed E-state index contributed by atoms with van der Waals surface area (Å²) in [6.07, 6.45) is 4.15. The van der Waals surface area contributed by atoms with Gasteiger partial charge in [0.15, 0.2) is 0 Å². The highest BCUT2D eigenvalue weighted by Gasteiger charge is 2.17. The second-order valence-electron chi connectivity index (χ2n) is 3.10. The molecule has 12 heavy (non-hydrogen) atoms. The van der Waals surface area contributed by atoms with Gasteiger partial charge in [0, 0.05) is 19.3 Å². The van der Waals surface area contributed by atoms with Crippen LogP contribution in [0.1, 0.15) is 12.8 Å². The summed E-state index contributed by atoms with van der Waals surface area (Å²) in [6, 6.07) is 0. The molecule has 2 saturated heterocycles. The van der Waals surface area contributed by atoms with Crippen molar-refractivity contribution in [2.24, 2.45) is 0 Å². The number of carbonyl (C=O) groups excluding carboxylic acids is 1. The summed E-state index contributed by atoms with van der Waals surface area (Å²) in [7, 11) is 0. The number of alkyl carbamates (subject to hydrolysis) is 1. The van der Waals surface area contributed by atoms with Crippen LogP contribution in [0.4, 0.5) is 4.79 Å². The van der Waals surface area contributed by atoms with Crippen LogP contribution in [0.2, 0.25) is 0 Å². The molecule has 0 radical (unpaired) electrons. The lowest BCUT2D eigenvalue weighted by Crippen LogP contribution is -2.17. The Balaban J connectivity index is 1.94. The van der Waals surface area contributed by atoms with Crippen molar-refractivity contribution in [1.29, 1.82) is 0 Å². The van der Waals surface area contributed by atoms with E-state index in [0.717, 1.165) is 18.8 Å². The summed E-state index contributed by atoms with van der Waals surface area (Å²) >= 11 is 0. The standard InChI is InChI=1S/C8H12N2O2/c11-8-9-7(6-12-8)5-10-3-1-2-4-10/h5H,1-4,6H2,(H,9,11)/b7-5+. The number of likely N-dealkylation sites (tertiary alicyclic amines) is 1. The monoisotopic (exact) mass is 168 g/mol. The van der Waals surface area contributed by atoms with Crippen LogP contribution in [0.15, 0.2) is 11.9 Å². The SMILES string of the molecule is O=C1N/C(=C/N2CCCC2)CO1. The molecule has 66 valence electrons.